The van der Waals surface area contributed by atoms with Crippen LogP contribution in [0, 0.1) is 0 Å². The Morgan fingerprint density at radius 2 is 1.74 bits per heavy atom. The average molecular weight is 309 g/mol. The lowest BCUT2D eigenvalue weighted by molar-refractivity contribution is 0.355. The van der Waals surface area contributed by atoms with Crippen LogP contribution >= 0.6 is 0 Å². The lowest BCUT2D eigenvalue weighted by Crippen LogP contribution is -1.90. The fourth-order valence-corrected chi connectivity index (χ4v) is 2.05. The Balaban J connectivity index is 1.80. The van der Waals surface area contributed by atoms with Gasteiger partial charge in [-0.1, -0.05) is 11.2 Å². The minimum Gasteiger partial charge on any atom is -0.493 e. The van der Waals surface area contributed by atoms with Gasteiger partial charge in [0.2, 0.25) is 5.82 Å². The SMILES string of the molecule is COc1ccc(C=Cc2nc(-c3ccncc3)no2)cc1OC. The van der Waals surface area contributed by atoms with Crippen LogP contribution in [0.4, 0.5) is 0 Å². The quantitative estimate of drug-likeness (QED) is 0.720. The first-order valence-electron chi connectivity index (χ1n) is 6.94. The first kappa shape index (κ1) is 14.8. The van der Waals surface area contributed by atoms with Crippen LogP contribution in [0.5, 0.6) is 11.5 Å². The molecule has 0 bridgehead atoms. The predicted molar refractivity (Wildman–Crippen MR) is 86.0 cm³/mol. The molecule has 116 valence electrons. The number of benzene rings is 1. The number of pyridine rings is 1. The Morgan fingerprint density at radius 1 is 0.957 bits per heavy atom. The molecule has 6 heteroatoms. The molecule has 2 aromatic heterocycles. The zero-order valence-electron chi connectivity index (χ0n) is 12.8. The van der Waals surface area contributed by atoms with Gasteiger partial charge in [-0.05, 0) is 35.9 Å². The molecule has 0 fully saturated rings. The van der Waals surface area contributed by atoms with Crippen molar-refractivity contribution >= 4 is 12.2 Å². The summed E-state index contributed by atoms with van der Waals surface area (Å²) in [6.07, 6.45) is 6.99. The Bertz CT molecular complexity index is 813. The van der Waals surface area contributed by atoms with E-state index in [-0.39, 0.29) is 0 Å². The van der Waals surface area contributed by atoms with Crippen LogP contribution in [0.3, 0.4) is 0 Å². The third-order valence-corrected chi connectivity index (χ3v) is 3.21. The molecule has 0 unspecified atom stereocenters. The number of hydrogen-bond acceptors (Lipinski definition) is 6. The summed E-state index contributed by atoms with van der Waals surface area (Å²) in [4.78, 5) is 8.29. The summed E-state index contributed by atoms with van der Waals surface area (Å²) >= 11 is 0. The molecule has 0 aliphatic rings. The van der Waals surface area contributed by atoms with Crippen LogP contribution in [0.2, 0.25) is 0 Å². The van der Waals surface area contributed by atoms with E-state index in [2.05, 4.69) is 15.1 Å². The molecule has 1 aromatic carbocycles. The summed E-state index contributed by atoms with van der Waals surface area (Å²) in [6.45, 7) is 0. The summed E-state index contributed by atoms with van der Waals surface area (Å²) in [6, 6.07) is 9.28. The van der Waals surface area contributed by atoms with Crippen LogP contribution in [0.25, 0.3) is 23.5 Å². The van der Waals surface area contributed by atoms with Crippen molar-refractivity contribution in [1.29, 1.82) is 0 Å². The molecule has 0 saturated heterocycles. The highest BCUT2D eigenvalue weighted by Gasteiger charge is 2.06. The Kier molecular flexibility index (Phi) is 4.33. The van der Waals surface area contributed by atoms with Crippen molar-refractivity contribution in [2.24, 2.45) is 0 Å². The van der Waals surface area contributed by atoms with Crippen LogP contribution in [-0.2, 0) is 0 Å². The normalized spacial score (nSPS) is 10.9. The standard InChI is InChI=1S/C17H15N3O3/c1-21-14-5-3-12(11-15(14)22-2)4-6-16-19-17(20-23-16)13-7-9-18-10-8-13/h3-11H,1-2H3. The Labute approximate surface area is 133 Å². The number of rotatable bonds is 5. The molecule has 0 saturated carbocycles. The molecule has 0 amide bonds. The van der Waals surface area contributed by atoms with Gasteiger partial charge in [0.25, 0.3) is 5.89 Å². The highest BCUT2D eigenvalue weighted by molar-refractivity contribution is 5.68. The third-order valence-electron chi connectivity index (χ3n) is 3.21. The molecule has 3 aromatic rings. The van der Waals surface area contributed by atoms with Gasteiger partial charge in [-0.15, -0.1) is 0 Å². The monoisotopic (exact) mass is 309 g/mol. The first-order valence-corrected chi connectivity index (χ1v) is 6.94. The molecule has 6 nitrogen and oxygen atoms in total. The van der Waals surface area contributed by atoms with E-state index in [1.165, 1.54) is 0 Å². The summed E-state index contributed by atoms with van der Waals surface area (Å²) in [5.41, 5.74) is 1.79. The zero-order chi connectivity index (χ0) is 16.1. The molecule has 0 spiro atoms. The van der Waals surface area contributed by atoms with Crippen molar-refractivity contribution in [2.45, 2.75) is 0 Å². The lowest BCUT2D eigenvalue weighted by Gasteiger charge is -2.07. The largest absolute Gasteiger partial charge is 0.493 e. The van der Waals surface area contributed by atoms with Crippen molar-refractivity contribution in [3.05, 3.63) is 54.2 Å². The smallest absolute Gasteiger partial charge is 0.250 e. The van der Waals surface area contributed by atoms with E-state index >= 15 is 0 Å². The highest BCUT2D eigenvalue weighted by atomic mass is 16.5. The maximum atomic E-state index is 5.27. The maximum absolute atomic E-state index is 5.27. The second-order valence-electron chi connectivity index (χ2n) is 4.64. The van der Waals surface area contributed by atoms with E-state index in [0.29, 0.717) is 23.2 Å². The summed E-state index contributed by atoms with van der Waals surface area (Å²) in [5, 5.41) is 3.95. The van der Waals surface area contributed by atoms with Gasteiger partial charge in [-0.2, -0.15) is 4.98 Å². The molecule has 0 N–H and O–H groups in total. The van der Waals surface area contributed by atoms with Gasteiger partial charge < -0.3 is 14.0 Å². The van der Waals surface area contributed by atoms with E-state index in [9.17, 15) is 0 Å². The highest BCUT2D eigenvalue weighted by Crippen LogP contribution is 2.28. The summed E-state index contributed by atoms with van der Waals surface area (Å²) in [5.74, 6) is 2.30. The van der Waals surface area contributed by atoms with Crippen LogP contribution in [0.1, 0.15) is 11.5 Å². The first-order chi connectivity index (χ1) is 11.3. The Morgan fingerprint density at radius 3 is 2.48 bits per heavy atom. The number of ether oxygens (including phenoxy) is 2. The molecule has 3 rings (SSSR count). The second kappa shape index (κ2) is 6.74. The average Bonchev–Trinajstić information content (AvgIpc) is 3.09. The van der Waals surface area contributed by atoms with Crippen molar-refractivity contribution < 1.29 is 14.0 Å². The van der Waals surface area contributed by atoms with Gasteiger partial charge in [0, 0.05) is 24.0 Å². The third kappa shape index (κ3) is 3.37. The van der Waals surface area contributed by atoms with E-state index < -0.39 is 0 Å². The van der Waals surface area contributed by atoms with E-state index in [1.807, 2.05) is 36.4 Å². The molecule has 23 heavy (non-hydrogen) atoms. The van der Waals surface area contributed by atoms with Crippen LogP contribution in [0.15, 0.2) is 47.2 Å². The zero-order valence-corrected chi connectivity index (χ0v) is 12.8. The van der Waals surface area contributed by atoms with Gasteiger partial charge in [0.05, 0.1) is 14.2 Å². The molecular formula is C17H15N3O3. The van der Waals surface area contributed by atoms with Gasteiger partial charge in [-0.25, -0.2) is 0 Å². The molecule has 0 aliphatic heterocycles. The van der Waals surface area contributed by atoms with Gasteiger partial charge >= 0.3 is 0 Å². The molecular weight excluding hydrogens is 294 g/mol. The second-order valence-corrected chi connectivity index (χ2v) is 4.64. The van der Waals surface area contributed by atoms with Crippen LogP contribution in [-0.4, -0.2) is 29.3 Å². The van der Waals surface area contributed by atoms with Crippen LogP contribution < -0.4 is 9.47 Å². The van der Waals surface area contributed by atoms with E-state index in [0.717, 1.165) is 11.1 Å². The van der Waals surface area contributed by atoms with Crippen molar-refractivity contribution in [3.8, 4) is 22.9 Å². The van der Waals surface area contributed by atoms with Gasteiger partial charge in [0.1, 0.15) is 0 Å². The van der Waals surface area contributed by atoms with Gasteiger partial charge in [-0.3, -0.25) is 4.98 Å². The molecule has 2 heterocycles. The minimum absolute atomic E-state index is 0.423. The van der Waals surface area contributed by atoms with E-state index in [4.69, 9.17) is 14.0 Å². The van der Waals surface area contributed by atoms with Crippen molar-refractivity contribution in [3.63, 3.8) is 0 Å². The lowest BCUT2D eigenvalue weighted by atomic mass is 10.2. The maximum Gasteiger partial charge on any atom is 0.250 e. The number of nitrogens with zero attached hydrogens (tertiary/aromatic N) is 3. The minimum atomic E-state index is 0.423. The molecule has 0 radical (unpaired) electrons. The van der Waals surface area contributed by atoms with Crippen molar-refractivity contribution in [1.82, 2.24) is 15.1 Å². The fraction of sp³-hybridized carbons (Fsp3) is 0.118. The van der Waals surface area contributed by atoms with Crippen molar-refractivity contribution in [2.75, 3.05) is 14.2 Å². The number of aromatic nitrogens is 3. The predicted octanol–water partition coefficient (Wildman–Crippen LogP) is 3.32. The van der Waals surface area contributed by atoms with Gasteiger partial charge in [0.15, 0.2) is 11.5 Å². The summed E-state index contributed by atoms with van der Waals surface area (Å²) < 4.78 is 15.7. The Hall–Kier alpha value is -3.15. The topological polar surface area (TPSA) is 70.3 Å². The van der Waals surface area contributed by atoms with E-state index in [1.54, 1.807) is 32.7 Å². The number of methoxy groups -OCH3 is 2. The fourth-order valence-electron chi connectivity index (χ4n) is 2.05. The summed E-state index contributed by atoms with van der Waals surface area (Å²) in [7, 11) is 3.21. The molecule has 0 atom stereocenters. The number of hydrogen-bond donors (Lipinski definition) is 0. The molecule has 0 aliphatic carbocycles.